The molecule has 0 aromatic heterocycles. The van der Waals surface area contributed by atoms with E-state index in [2.05, 4.69) is 77.9 Å². The maximum atomic E-state index is 7.03. The van der Waals surface area contributed by atoms with E-state index in [9.17, 15) is 0 Å². The van der Waals surface area contributed by atoms with E-state index in [4.69, 9.17) is 6.57 Å². The fraction of sp³-hybridized carbons (Fsp3) is 0.441. The first-order valence-electron chi connectivity index (χ1n) is 13.8. The summed E-state index contributed by atoms with van der Waals surface area (Å²) in [5.74, 6) is 0. The Labute approximate surface area is 227 Å². The predicted molar refractivity (Wildman–Crippen MR) is 157 cm³/mol. The zero-order valence-electron chi connectivity index (χ0n) is 22.4. The lowest BCUT2D eigenvalue weighted by atomic mass is 9.88. The third-order valence-corrected chi connectivity index (χ3v) is 9.15. The molecule has 0 heterocycles. The summed E-state index contributed by atoms with van der Waals surface area (Å²) in [6.07, 6.45) is 15.6. The second-order valence-corrected chi connectivity index (χ2v) is 11.5. The average molecular weight is 543 g/mol. The maximum absolute atomic E-state index is 7.03. The van der Waals surface area contributed by atoms with Crippen molar-refractivity contribution in [1.29, 1.82) is 0 Å². The van der Waals surface area contributed by atoms with Crippen LogP contribution in [0.3, 0.4) is 0 Å². The van der Waals surface area contributed by atoms with Gasteiger partial charge in [0.1, 0.15) is 0 Å². The van der Waals surface area contributed by atoms with Crippen molar-refractivity contribution in [3.63, 3.8) is 0 Å². The van der Waals surface area contributed by atoms with E-state index < -0.39 is 0 Å². The molecular formula is C34H40BrN. The number of hydrogen-bond acceptors (Lipinski definition) is 0. The minimum absolute atomic E-state index is 0.834. The van der Waals surface area contributed by atoms with Crippen LogP contribution in [0.25, 0.3) is 4.85 Å². The Hall–Kier alpha value is -2.37. The quantitative estimate of drug-likeness (QED) is 0.249. The lowest BCUT2D eigenvalue weighted by Gasteiger charge is -2.18. The van der Waals surface area contributed by atoms with Gasteiger partial charge in [-0.05, 0) is 148 Å². The fourth-order valence-electron chi connectivity index (χ4n) is 6.08. The smallest absolute Gasteiger partial charge is 0.190 e. The molecule has 3 aliphatic rings. The zero-order chi connectivity index (χ0) is 25.5. The molecule has 3 aliphatic carbocycles. The van der Waals surface area contributed by atoms with Gasteiger partial charge in [0, 0.05) is 4.47 Å². The number of aryl methyl sites for hydroxylation is 4. The summed E-state index contributed by atoms with van der Waals surface area (Å²) in [4.78, 5) is 3.53. The lowest BCUT2D eigenvalue weighted by Crippen LogP contribution is -2.04. The van der Waals surface area contributed by atoms with E-state index in [0.717, 1.165) is 5.69 Å². The van der Waals surface area contributed by atoms with Gasteiger partial charge in [0.2, 0.25) is 0 Å². The molecule has 0 saturated heterocycles. The van der Waals surface area contributed by atoms with Crippen molar-refractivity contribution in [2.24, 2.45) is 0 Å². The van der Waals surface area contributed by atoms with Crippen LogP contribution in [0.1, 0.15) is 88.6 Å². The van der Waals surface area contributed by atoms with Crippen LogP contribution in [0.15, 0.2) is 46.9 Å². The van der Waals surface area contributed by atoms with Crippen LogP contribution >= 0.6 is 15.9 Å². The zero-order valence-corrected chi connectivity index (χ0v) is 23.9. The highest BCUT2D eigenvalue weighted by Crippen LogP contribution is 2.31. The number of benzene rings is 3. The van der Waals surface area contributed by atoms with Crippen LogP contribution in [-0.4, -0.2) is 0 Å². The van der Waals surface area contributed by atoms with Crippen LogP contribution in [0.2, 0.25) is 0 Å². The topological polar surface area (TPSA) is 4.36 Å². The van der Waals surface area contributed by atoms with Gasteiger partial charge in [-0.2, -0.15) is 0 Å². The number of rotatable bonds is 0. The number of nitrogens with zero attached hydrogens (tertiary/aromatic N) is 1. The van der Waals surface area contributed by atoms with Gasteiger partial charge in [-0.15, -0.1) is 0 Å². The molecule has 0 amide bonds. The highest BCUT2D eigenvalue weighted by Gasteiger charge is 2.14. The minimum Gasteiger partial charge on any atom is -0.238 e. The summed E-state index contributed by atoms with van der Waals surface area (Å²) in [5, 5.41) is 0. The molecule has 0 radical (unpaired) electrons. The van der Waals surface area contributed by atoms with Crippen molar-refractivity contribution in [1.82, 2.24) is 0 Å². The summed E-state index contributed by atoms with van der Waals surface area (Å²) in [5.41, 5.74) is 14.3. The monoisotopic (exact) mass is 541 g/mol. The Morgan fingerprint density at radius 1 is 0.583 bits per heavy atom. The summed E-state index contributed by atoms with van der Waals surface area (Å²) < 4.78 is 1.27. The van der Waals surface area contributed by atoms with Crippen molar-refractivity contribution < 1.29 is 0 Å². The Morgan fingerprint density at radius 2 is 1.08 bits per heavy atom. The van der Waals surface area contributed by atoms with Crippen molar-refractivity contribution >= 4 is 21.6 Å². The third-order valence-electron chi connectivity index (χ3n) is 8.29. The summed E-state index contributed by atoms with van der Waals surface area (Å²) in [7, 11) is 0. The van der Waals surface area contributed by atoms with Crippen LogP contribution < -0.4 is 0 Å². The van der Waals surface area contributed by atoms with Crippen LogP contribution in [-0.2, 0) is 38.5 Å². The Morgan fingerprint density at radius 3 is 1.67 bits per heavy atom. The summed E-state index contributed by atoms with van der Waals surface area (Å²) in [6, 6.07) is 15.2. The molecule has 0 aliphatic heterocycles. The highest BCUT2D eigenvalue weighted by molar-refractivity contribution is 9.10. The van der Waals surface area contributed by atoms with Gasteiger partial charge in [-0.1, -0.05) is 57.9 Å². The van der Waals surface area contributed by atoms with Gasteiger partial charge in [0.25, 0.3) is 0 Å². The van der Waals surface area contributed by atoms with E-state index in [1.807, 2.05) is 6.07 Å². The van der Waals surface area contributed by atoms with Crippen LogP contribution in [0.5, 0.6) is 0 Å². The van der Waals surface area contributed by atoms with E-state index in [-0.39, 0.29) is 0 Å². The number of hydrogen-bond donors (Lipinski definition) is 0. The Balaban J connectivity index is 0.000000127. The molecule has 36 heavy (non-hydrogen) atoms. The van der Waals surface area contributed by atoms with Crippen molar-refractivity contribution in [3.8, 4) is 0 Å². The molecule has 1 nitrogen and oxygen atoms in total. The second kappa shape index (κ2) is 12.7. The van der Waals surface area contributed by atoms with E-state index >= 15 is 0 Å². The van der Waals surface area contributed by atoms with Gasteiger partial charge in [-0.25, -0.2) is 4.85 Å². The SMILES string of the molecule is Cc1c(Br)ccc2c1CCCC2.Cc1cccc2c1CCCC2.[C-]#[N+]c1ccc2c(c1C)CCCC2. The molecule has 0 atom stereocenters. The molecule has 0 unspecified atom stereocenters. The van der Waals surface area contributed by atoms with E-state index in [0.29, 0.717) is 0 Å². The molecule has 0 N–H and O–H groups in total. The number of halogens is 1. The molecule has 0 fully saturated rings. The average Bonchev–Trinajstić information content (AvgIpc) is 2.92. The van der Waals surface area contributed by atoms with E-state index in [1.165, 1.54) is 109 Å². The van der Waals surface area contributed by atoms with Crippen molar-refractivity contribution in [2.45, 2.75) is 97.8 Å². The molecule has 0 bridgehead atoms. The van der Waals surface area contributed by atoms with Crippen LogP contribution in [0.4, 0.5) is 5.69 Å². The molecule has 3 aromatic carbocycles. The van der Waals surface area contributed by atoms with Crippen LogP contribution in [0, 0.1) is 27.3 Å². The molecule has 3 aromatic rings. The molecule has 0 saturated carbocycles. The predicted octanol–water partition coefficient (Wildman–Crippen LogP) is 9.93. The molecule has 0 spiro atoms. The first-order valence-corrected chi connectivity index (χ1v) is 14.6. The van der Waals surface area contributed by atoms with Crippen molar-refractivity contribution in [3.05, 3.63) is 108 Å². The van der Waals surface area contributed by atoms with Gasteiger partial charge in [-0.3, -0.25) is 0 Å². The summed E-state index contributed by atoms with van der Waals surface area (Å²) >= 11 is 3.57. The summed E-state index contributed by atoms with van der Waals surface area (Å²) in [6.45, 7) is 13.6. The molecule has 188 valence electrons. The maximum Gasteiger partial charge on any atom is 0.190 e. The standard InChI is InChI=1S/C12H13N.C11H13Br.C11H14/c1-9-11-6-4-3-5-10(11)7-8-12(9)13-2;1-8-10-5-3-2-4-9(10)6-7-11(8)12;1-9-5-4-7-10-6-2-3-8-11(9)10/h7-8H,3-6H2,1H3;6-7H,2-5H2,1H3;4-5,7H,2-3,6,8H2,1H3. The third kappa shape index (κ3) is 6.30. The lowest BCUT2D eigenvalue weighted by molar-refractivity contribution is 0.681. The Kier molecular flexibility index (Phi) is 9.44. The first-order chi connectivity index (χ1) is 17.5. The van der Waals surface area contributed by atoms with Gasteiger partial charge in [0.05, 0.1) is 6.57 Å². The highest BCUT2D eigenvalue weighted by atomic mass is 79.9. The second-order valence-electron chi connectivity index (χ2n) is 10.6. The minimum atomic E-state index is 0.834. The largest absolute Gasteiger partial charge is 0.238 e. The van der Waals surface area contributed by atoms with Crippen molar-refractivity contribution in [2.75, 3.05) is 0 Å². The van der Waals surface area contributed by atoms with Gasteiger partial charge < -0.3 is 0 Å². The fourth-order valence-corrected chi connectivity index (χ4v) is 6.45. The van der Waals surface area contributed by atoms with Gasteiger partial charge in [0.15, 0.2) is 5.69 Å². The molecule has 2 heteroatoms. The van der Waals surface area contributed by atoms with E-state index in [1.54, 1.807) is 22.3 Å². The molecular weight excluding hydrogens is 502 g/mol. The van der Waals surface area contributed by atoms with Gasteiger partial charge >= 0.3 is 0 Å². The number of fused-ring (bicyclic) bond motifs is 3. The normalized spacial score (nSPS) is 15.5. The first kappa shape index (κ1) is 26.7. The molecule has 6 rings (SSSR count). The Bertz CT molecular complexity index is 1250.